The molecule has 6 nitrogen and oxygen atoms in total. The second-order valence-corrected chi connectivity index (χ2v) is 11.8. The number of piperidine rings is 1. The summed E-state index contributed by atoms with van der Waals surface area (Å²) in [7, 11) is 0. The molecule has 1 saturated heterocycles. The second-order valence-electron chi connectivity index (χ2n) is 11.8. The summed E-state index contributed by atoms with van der Waals surface area (Å²) in [4.78, 5) is 19.7. The molecule has 2 unspecified atom stereocenters. The first kappa shape index (κ1) is 27.1. The van der Waals surface area contributed by atoms with Crippen molar-refractivity contribution in [1.29, 1.82) is 0 Å². The molecule has 3 aromatic rings. The molecule has 0 radical (unpaired) electrons. The minimum absolute atomic E-state index is 0.246. The van der Waals surface area contributed by atoms with Gasteiger partial charge in [-0.1, -0.05) is 24.3 Å². The summed E-state index contributed by atoms with van der Waals surface area (Å²) >= 11 is 0. The van der Waals surface area contributed by atoms with Crippen molar-refractivity contribution in [3.05, 3.63) is 76.9 Å². The Hall–Kier alpha value is -3.45. The van der Waals surface area contributed by atoms with Crippen LogP contribution in [-0.4, -0.2) is 41.4 Å². The molecule has 7 heteroatoms. The van der Waals surface area contributed by atoms with Gasteiger partial charge in [-0.25, -0.2) is 9.18 Å². The number of aliphatic carboxylic acids is 1. The number of pyridine rings is 1. The van der Waals surface area contributed by atoms with E-state index in [0.717, 1.165) is 46.9 Å². The number of halogens is 1. The monoisotopic (exact) mass is 532 g/mol. The lowest BCUT2D eigenvalue weighted by molar-refractivity contribution is -0.160. The van der Waals surface area contributed by atoms with Gasteiger partial charge in [0.1, 0.15) is 11.6 Å². The summed E-state index contributed by atoms with van der Waals surface area (Å²) in [5, 5.41) is 10.3. The molecule has 2 aromatic carbocycles. The molecule has 2 heterocycles. The highest BCUT2D eigenvalue weighted by atomic mass is 19.1. The zero-order valence-corrected chi connectivity index (χ0v) is 23.3. The lowest BCUT2D eigenvalue weighted by Crippen LogP contribution is -2.31. The minimum Gasteiger partial charge on any atom is -0.493 e. The van der Waals surface area contributed by atoms with E-state index in [-0.39, 0.29) is 5.82 Å². The number of anilines is 1. The Morgan fingerprint density at radius 1 is 1.05 bits per heavy atom. The van der Waals surface area contributed by atoms with Gasteiger partial charge in [-0.3, -0.25) is 4.98 Å². The molecule has 1 aromatic heterocycles. The predicted octanol–water partition coefficient (Wildman–Crippen LogP) is 6.52. The number of hydrogen-bond donors (Lipinski definition) is 1. The van der Waals surface area contributed by atoms with Crippen molar-refractivity contribution < 1.29 is 23.8 Å². The van der Waals surface area contributed by atoms with Crippen LogP contribution in [0.5, 0.6) is 5.75 Å². The SMILES string of the molecule is Cc1nc(C)c([C@H](OC(C)(C)C)C(=O)O)c(N2CC3CC3C2)c1-c1ccc(OCCc2ccc(F)cc2)cc1. The summed E-state index contributed by atoms with van der Waals surface area (Å²) in [5.41, 5.74) is 5.38. The van der Waals surface area contributed by atoms with Crippen LogP contribution in [0.25, 0.3) is 11.1 Å². The first-order chi connectivity index (χ1) is 18.5. The third-order valence-corrected chi connectivity index (χ3v) is 7.55. The normalized spacial score (nSPS) is 19.1. The Balaban J connectivity index is 1.48. The Kier molecular flexibility index (Phi) is 7.38. The molecule has 39 heavy (non-hydrogen) atoms. The number of benzene rings is 2. The van der Waals surface area contributed by atoms with E-state index in [9.17, 15) is 14.3 Å². The first-order valence-corrected chi connectivity index (χ1v) is 13.6. The molecule has 2 fully saturated rings. The highest BCUT2D eigenvalue weighted by Crippen LogP contribution is 2.51. The number of nitrogens with zero attached hydrogens (tertiary/aromatic N) is 2. The van der Waals surface area contributed by atoms with Gasteiger partial charge in [-0.15, -0.1) is 0 Å². The van der Waals surface area contributed by atoms with E-state index in [4.69, 9.17) is 14.5 Å². The highest BCUT2D eigenvalue weighted by Gasteiger charge is 2.47. The maximum atomic E-state index is 13.2. The van der Waals surface area contributed by atoms with Crippen LogP contribution in [0.3, 0.4) is 0 Å². The largest absolute Gasteiger partial charge is 0.493 e. The van der Waals surface area contributed by atoms with Crippen molar-refractivity contribution in [1.82, 2.24) is 4.98 Å². The number of hydrogen-bond acceptors (Lipinski definition) is 5. The summed E-state index contributed by atoms with van der Waals surface area (Å²) in [6.45, 7) is 11.8. The van der Waals surface area contributed by atoms with E-state index in [0.29, 0.717) is 36.1 Å². The molecule has 3 atom stereocenters. The number of fused-ring (bicyclic) bond motifs is 1. The van der Waals surface area contributed by atoms with Gasteiger partial charge >= 0.3 is 5.97 Å². The predicted molar refractivity (Wildman–Crippen MR) is 150 cm³/mol. The Labute approximate surface area is 229 Å². The Bertz CT molecular complexity index is 1340. The zero-order chi connectivity index (χ0) is 27.9. The van der Waals surface area contributed by atoms with Crippen molar-refractivity contribution in [2.24, 2.45) is 11.8 Å². The van der Waals surface area contributed by atoms with Crippen molar-refractivity contribution in [3.8, 4) is 16.9 Å². The van der Waals surface area contributed by atoms with Crippen LogP contribution in [0.4, 0.5) is 10.1 Å². The maximum absolute atomic E-state index is 13.2. The van der Waals surface area contributed by atoms with E-state index >= 15 is 0 Å². The first-order valence-electron chi connectivity index (χ1n) is 13.6. The van der Waals surface area contributed by atoms with Gasteiger partial charge < -0.3 is 19.5 Å². The number of carboxylic acid groups (broad SMARTS) is 1. The van der Waals surface area contributed by atoms with E-state index < -0.39 is 17.7 Å². The molecule has 0 spiro atoms. The standard InChI is InChI=1S/C32H37FN2O4/c1-19-27(22-8-12-26(13-9-22)38-15-14-21-6-10-25(33)11-7-21)29(35-17-23-16-24(23)18-35)28(20(2)34-19)30(31(36)37)39-32(3,4)5/h6-13,23-24,30H,14-18H2,1-5H3,(H,36,37)/t23?,24?,30-/m0/s1. The number of aromatic nitrogens is 1. The molecule has 206 valence electrons. The van der Waals surface area contributed by atoms with Crippen LogP contribution in [0.2, 0.25) is 0 Å². The number of aryl methyl sites for hydroxylation is 2. The van der Waals surface area contributed by atoms with Crippen molar-refractivity contribution in [3.63, 3.8) is 0 Å². The molecule has 1 aliphatic heterocycles. The van der Waals surface area contributed by atoms with Gasteiger partial charge in [0.25, 0.3) is 0 Å². The van der Waals surface area contributed by atoms with E-state index in [1.165, 1.54) is 18.6 Å². The van der Waals surface area contributed by atoms with E-state index in [1.807, 2.05) is 58.9 Å². The average Bonchev–Trinajstić information content (AvgIpc) is 3.48. The van der Waals surface area contributed by atoms with Crippen molar-refractivity contribution in [2.45, 2.75) is 59.2 Å². The fraction of sp³-hybridized carbons (Fsp3) is 0.438. The Morgan fingerprint density at radius 3 is 2.28 bits per heavy atom. The molecule has 0 amide bonds. The number of carboxylic acids is 1. The number of ether oxygens (including phenoxy) is 2. The summed E-state index contributed by atoms with van der Waals surface area (Å²) in [6.07, 6.45) is 0.797. The molecule has 5 rings (SSSR count). The minimum atomic E-state index is -1.13. The molecule has 2 aliphatic rings. The molecule has 1 N–H and O–H groups in total. The van der Waals surface area contributed by atoms with Crippen molar-refractivity contribution >= 4 is 11.7 Å². The molecular weight excluding hydrogens is 495 g/mol. The third kappa shape index (κ3) is 6.09. The van der Waals surface area contributed by atoms with Crippen LogP contribution in [0.1, 0.15) is 55.8 Å². The van der Waals surface area contributed by atoms with E-state index in [1.54, 1.807) is 12.1 Å². The number of rotatable bonds is 9. The quantitative estimate of drug-likeness (QED) is 0.338. The average molecular weight is 533 g/mol. The lowest BCUT2D eigenvalue weighted by atomic mass is 9.93. The fourth-order valence-corrected chi connectivity index (χ4v) is 5.66. The zero-order valence-electron chi connectivity index (χ0n) is 23.3. The van der Waals surface area contributed by atoms with Gasteiger partial charge in [-0.2, -0.15) is 0 Å². The van der Waals surface area contributed by atoms with Gasteiger partial charge in [0, 0.05) is 42.0 Å². The van der Waals surface area contributed by atoms with Gasteiger partial charge in [-0.05, 0) is 88.3 Å². The second kappa shape index (κ2) is 10.6. The van der Waals surface area contributed by atoms with Crippen LogP contribution < -0.4 is 9.64 Å². The van der Waals surface area contributed by atoms with Crippen LogP contribution in [0.15, 0.2) is 48.5 Å². The van der Waals surface area contributed by atoms with Gasteiger partial charge in [0.2, 0.25) is 0 Å². The van der Waals surface area contributed by atoms with Gasteiger partial charge in [0.15, 0.2) is 6.10 Å². The summed E-state index contributed by atoms with van der Waals surface area (Å²) < 4.78 is 25.3. The summed E-state index contributed by atoms with van der Waals surface area (Å²) in [6, 6.07) is 14.3. The molecule has 0 bridgehead atoms. The van der Waals surface area contributed by atoms with Gasteiger partial charge in [0.05, 0.1) is 17.9 Å². The number of carbonyl (C=O) groups is 1. The maximum Gasteiger partial charge on any atom is 0.337 e. The Morgan fingerprint density at radius 2 is 1.69 bits per heavy atom. The highest BCUT2D eigenvalue weighted by molar-refractivity contribution is 5.88. The van der Waals surface area contributed by atoms with Crippen LogP contribution in [-0.2, 0) is 16.0 Å². The smallest absolute Gasteiger partial charge is 0.337 e. The van der Waals surface area contributed by atoms with E-state index in [2.05, 4.69) is 4.90 Å². The molecule has 1 aliphatic carbocycles. The topological polar surface area (TPSA) is 71.9 Å². The molecular formula is C32H37FN2O4. The van der Waals surface area contributed by atoms with Crippen LogP contribution >= 0.6 is 0 Å². The fourth-order valence-electron chi connectivity index (χ4n) is 5.66. The van der Waals surface area contributed by atoms with Crippen LogP contribution in [0, 0.1) is 31.5 Å². The lowest BCUT2D eigenvalue weighted by Gasteiger charge is -2.33. The van der Waals surface area contributed by atoms with Crippen molar-refractivity contribution in [2.75, 3.05) is 24.6 Å². The summed E-state index contributed by atoms with van der Waals surface area (Å²) in [5.74, 6) is 0.818. The molecule has 1 saturated carbocycles. The third-order valence-electron chi connectivity index (χ3n) is 7.55.